The smallest absolute Gasteiger partial charge is 0.321 e. The number of benzene rings is 1. The third-order valence-corrected chi connectivity index (χ3v) is 4.14. The number of urea groups is 1. The summed E-state index contributed by atoms with van der Waals surface area (Å²) < 4.78 is 5.56. The van der Waals surface area contributed by atoms with Crippen molar-refractivity contribution in [1.82, 2.24) is 20.8 Å². The first-order valence-electron chi connectivity index (χ1n) is 7.94. The van der Waals surface area contributed by atoms with Crippen molar-refractivity contribution in [3.8, 4) is 11.5 Å². The van der Waals surface area contributed by atoms with Crippen molar-refractivity contribution >= 4 is 23.7 Å². The number of rotatable bonds is 5. The van der Waals surface area contributed by atoms with Crippen molar-refractivity contribution in [2.24, 2.45) is 0 Å². The van der Waals surface area contributed by atoms with Gasteiger partial charge in [0.05, 0.1) is 5.75 Å². The summed E-state index contributed by atoms with van der Waals surface area (Å²) in [5, 5.41) is 12.9. The number of imide groups is 1. The molecule has 0 saturated heterocycles. The van der Waals surface area contributed by atoms with Crippen molar-refractivity contribution in [1.29, 1.82) is 0 Å². The molecule has 134 valence electrons. The number of nitrogens with zero attached hydrogens (tertiary/aromatic N) is 2. The molecule has 0 aliphatic carbocycles. The summed E-state index contributed by atoms with van der Waals surface area (Å²) in [6.45, 7) is 8.67. The molecule has 0 atom stereocenters. The van der Waals surface area contributed by atoms with Gasteiger partial charge in [0.15, 0.2) is 0 Å². The number of nitrogens with one attached hydrogen (secondary N) is 2. The maximum atomic E-state index is 11.6. The Hall–Kier alpha value is -2.35. The minimum Gasteiger partial charge on any atom is -0.411 e. The molecule has 0 bridgehead atoms. The molecule has 2 aromatic rings. The van der Waals surface area contributed by atoms with Gasteiger partial charge in [-0.15, -0.1) is 10.2 Å². The van der Waals surface area contributed by atoms with E-state index in [0.717, 1.165) is 17.3 Å². The molecule has 0 spiro atoms. The lowest BCUT2D eigenvalue weighted by Crippen LogP contribution is -2.40. The summed E-state index contributed by atoms with van der Waals surface area (Å²) in [5.41, 5.74) is 2.11. The van der Waals surface area contributed by atoms with Crippen molar-refractivity contribution in [3.63, 3.8) is 0 Å². The van der Waals surface area contributed by atoms with Gasteiger partial charge < -0.3 is 9.73 Å². The maximum absolute atomic E-state index is 11.6. The molecule has 0 radical (unpaired) electrons. The largest absolute Gasteiger partial charge is 0.411 e. The van der Waals surface area contributed by atoms with Crippen molar-refractivity contribution < 1.29 is 14.0 Å². The van der Waals surface area contributed by atoms with Gasteiger partial charge in [-0.1, -0.05) is 44.7 Å². The zero-order valence-corrected chi connectivity index (χ0v) is 15.6. The minimum absolute atomic E-state index is 0.0156. The average Bonchev–Trinajstić information content (AvgIpc) is 3.01. The SMILES string of the molecule is CCNC(=O)NC(=O)CSc1nnc(-c2ccc(C(C)(C)C)cc2)o1. The van der Waals surface area contributed by atoms with Gasteiger partial charge in [-0.05, 0) is 30.0 Å². The zero-order valence-electron chi connectivity index (χ0n) is 14.8. The predicted molar refractivity (Wildman–Crippen MR) is 96.4 cm³/mol. The number of carbonyl (C=O) groups is 2. The summed E-state index contributed by atoms with van der Waals surface area (Å²) in [6.07, 6.45) is 0. The molecule has 2 N–H and O–H groups in total. The molecular formula is C17H22N4O3S. The van der Waals surface area contributed by atoms with Crippen molar-refractivity contribution in [2.75, 3.05) is 12.3 Å². The molecular weight excluding hydrogens is 340 g/mol. The van der Waals surface area contributed by atoms with E-state index in [1.165, 1.54) is 5.56 Å². The van der Waals surface area contributed by atoms with E-state index in [-0.39, 0.29) is 16.4 Å². The van der Waals surface area contributed by atoms with E-state index in [2.05, 4.69) is 41.6 Å². The van der Waals surface area contributed by atoms with Gasteiger partial charge in [0.1, 0.15) is 0 Å². The molecule has 0 fully saturated rings. The lowest BCUT2D eigenvalue weighted by atomic mass is 9.87. The molecule has 0 aliphatic heterocycles. The first-order valence-corrected chi connectivity index (χ1v) is 8.93. The van der Waals surface area contributed by atoms with E-state index in [4.69, 9.17) is 4.42 Å². The number of hydrogen-bond acceptors (Lipinski definition) is 6. The van der Waals surface area contributed by atoms with Crippen LogP contribution in [0, 0.1) is 0 Å². The Kier molecular flexibility index (Phi) is 6.19. The van der Waals surface area contributed by atoms with E-state index in [0.29, 0.717) is 12.4 Å². The van der Waals surface area contributed by atoms with Crippen LogP contribution in [0.1, 0.15) is 33.3 Å². The lowest BCUT2D eigenvalue weighted by molar-refractivity contribution is -0.117. The summed E-state index contributed by atoms with van der Waals surface area (Å²) in [4.78, 5) is 22.9. The Labute approximate surface area is 151 Å². The molecule has 2 rings (SSSR count). The monoisotopic (exact) mass is 362 g/mol. The minimum atomic E-state index is -0.516. The number of thioether (sulfide) groups is 1. The zero-order chi connectivity index (χ0) is 18.4. The molecule has 0 aliphatic rings. The van der Waals surface area contributed by atoms with Crippen LogP contribution in [-0.2, 0) is 10.2 Å². The summed E-state index contributed by atoms with van der Waals surface area (Å²) in [7, 11) is 0. The highest BCUT2D eigenvalue weighted by Gasteiger charge is 2.15. The van der Waals surface area contributed by atoms with Crippen molar-refractivity contribution in [2.45, 2.75) is 38.3 Å². The summed E-state index contributed by atoms with van der Waals surface area (Å²) in [6, 6.07) is 7.42. The molecule has 0 saturated carbocycles. The Morgan fingerprint density at radius 2 is 1.84 bits per heavy atom. The molecule has 0 unspecified atom stereocenters. The van der Waals surface area contributed by atoms with E-state index in [1.807, 2.05) is 24.3 Å². The molecule has 8 heteroatoms. The highest BCUT2D eigenvalue weighted by Crippen LogP contribution is 2.27. The number of hydrogen-bond donors (Lipinski definition) is 2. The Balaban J connectivity index is 1.94. The first kappa shape index (κ1) is 19.0. The molecule has 3 amide bonds. The number of amides is 3. The van der Waals surface area contributed by atoms with Gasteiger partial charge in [-0.2, -0.15) is 0 Å². The second-order valence-corrected chi connectivity index (χ2v) is 7.32. The van der Waals surface area contributed by atoms with Gasteiger partial charge in [0.2, 0.25) is 11.8 Å². The fraction of sp³-hybridized carbons (Fsp3) is 0.412. The van der Waals surface area contributed by atoms with Crippen LogP contribution in [0.2, 0.25) is 0 Å². The first-order chi connectivity index (χ1) is 11.8. The Morgan fingerprint density at radius 1 is 1.16 bits per heavy atom. The van der Waals surface area contributed by atoms with Crippen LogP contribution in [0.4, 0.5) is 4.79 Å². The van der Waals surface area contributed by atoms with Crippen LogP contribution >= 0.6 is 11.8 Å². The predicted octanol–water partition coefficient (Wildman–Crippen LogP) is 2.97. The highest BCUT2D eigenvalue weighted by atomic mass is 32.2. The van der Waals surface area contributed by atoms with Crippen LogP contribution in [0.25, 0.3) is 11.5 Å². The second kappa shape index (κ2) is 8.15. The molecule has 1 aromatic heterocycles. The van der Waals surface area contributed by atoms with Crippen LogP contribution in [0.3, 0.4) is 0 Å². The molecule has 1 aromatic carbocycles. The van der Waals surface area contributed by atoms with E-state index >= 15 is 0 Å². The van der Waals surface area contributed by atoms with Crippen LogP contribution in [0.5, 0.6) is 0 Å². The van der Waals surface area contributed by atoms with E-state index in [1.54, 1.807) is 6.92 Å². The van der Waals surface area contributed by atoms with Crippen LogP contribution in [0.15, 0.2) is 33.9 Å². The Morgan fingerprint density at radius 3 is 2.44 bits per heavy atom. The third kappa shape index (κ3) is 5.60. The third-order valence-electron chi connectivity index (χ3n) is 3.32. The number of carbonyl (C=O) groups excluding carboxylic acids is 2. The number of aromatic nitrogens is 2. The molecule has 1 heterocycles. The second-order valence-electron chi connectivity index (χ2n) is 6.40. The Bertz CT molecular complexity index is 735. The topological polar surface area (TPSA) is 97.1 Å². The summed E-state index contributed by atoms with van der Waals surface area (Å²) in [5.74, 6) is -0.0147. The fourth-order valence-electron chi connectivity index (χ4n) is 1.99. The van der Waals surface area contributed by atoms with Gasteiger partial charge in [-0.25, -0.2) is 4.79 Å². The van der Waals surface area contributed by atoms with Gasteiger partial charge >= 0.3 is 6.03 Å². The summed E-state index contributed by atoms with van der Waals surface area (Å²) >= 11 is 1.08. The van der Waals surface area contributed by atoms with E-state index in [9.17, 15) is 9.59 Å². The highest BCUT2D eigenvalue weighted by molar-refractivity contribution is 7.99. The maximum Gasteiger partial charge on any atom is 0.321 e. The van der Waals surface area contributed by atoms with Gasteiger partial charge in [0, 0.05) is 12.1 Å². The average molecular weight is 362 g/mol. The van der Waals surface area contributed by atoms with E-state index < -0.39 is 11.9 Å². The molecule has 7 nitrogen and oxygen atoms in total. The molecule has 25 heavy (non-hydrogen) atoms. The quantitative estimate of drug-likeness (QED) is 0.794. The lowest BCUT2D eigenvalue weighted by Gasteiger charge is -2.18. The van der Waals surface area contributed by atoms with Gasteiger partial charge in [-0.3, -0.25) is 10.1 Å². The van der Waals surface area contributed by atoms with Gasteiger partial charge in [0.25, 0.3) is 5.22 Å². The normalized spacial score (nSPS) is 11.2. The van der Waals surface area contributed by atoms with Crippen LogP contribution in [-0.4, -0.2) is 34.4 Å². The standard InChI is InChI=1S/C17H22N4O3S/c1-5-18-15(23)19-13(22)10-25-16-21-20-14(24-16)11-6-8-12(9-7-11)17(2,3)4/h6-9H,5,10H2,1-4H3,(H2,18,19,22,23). The fourth-order valence-corrected chi connectivity index (χ4v) is 2.56. The van der Waals surface area contributed by atoms with Crippen molar-refractivity contribution in [3.05, 3.63) is 29.8 Å². The van der Waals surface area contributed by atoms with Crippen LogP contribution < -0.4 is 10.6 Å².